The Kier molecular flexibility index (Phi) is 3.74. The quantitative estimate of drug-likeness (QED) is 0.705. The zero-order chi connectivity index (χ0) is 19.5. The summed E-state index contributed by atoms with van der Waals surface area (Å²) < 4.78 is 0. The molecule has 4 atom stereocenters. The molecule has 3 heteroatoms. The van der Waals surface area contributed by atoms with E-state index in [1.165, 1.54) is 23.2 Å². The minimum atomic E-state index is -0.00982. The Morgan fingerprint density at radius 3 is 2.48 bits per heavy atom. The third-order valence-electron chi connectivity index (χ3n) is 7.38. The van der Waals surface area contributed by atoms with Gasteiger partial charge >= 0.3 is 0 Å². The van der Waals surface area contributed by atoms with Crippen molar-refractivity contribution in [3.63, 3.8) is 0 Å². The second kappa shape index (κ2) is 6.35. The molecule has 0 saturated carbocycles. The summed E-state index contributed by atoms with van der Waals surface area (Å²) in [6, 6.07) is 12.2. The summed E-state index contributed by atoms with van der Waals surface area (Å²) >= 11 is 0. The maximum Gasteiger partial charge on any atom is 0.255 e. The average Bonchev–Trinajstić information content (AvgIpc) is 3.38. The van der Waals surface area contributed by atoms with Crippen LogP contribution in [0.15, 0.2) is 60.7 Å². The molecule has 146 valence electrons. The third kappa shape index (κ3) is 2.53. The first-order chi connectivity index (χ1) is 14.2. The lowest BCUT2D eigenvalue weighted by molar-refractivity contribution is 0.102. The molecule has 1 N–H and O–H groups in total. The Labute approximate surface area is 172 Å². The number of nitrogens with one attached hydrogen (secondary N) is 1. The van der Waals surface area contributed by atoms with Crippen molar-refractivity contribution in [1.29, 1.82) is 0 Å². The van der Waals surface area contributed by atoms with Crippen LogP contribution in [0.1, 0.15) is 51.7 Å². The number of aryl methyl sites for hydroxylation is 1. The van der Waals surface area contributed by atoms with Crippen molar-refractivity contribution >= 4 is 17.3 Å². The standard InChI is InChI=1S/C26H26N2O/c1-16-6-2-3-9-19(16)26(29)27-23-13-12-22-20-10-4-7-17(20)14-28-15-18-8-5-11-21(18)24(23)25(22)28/h2-6,9-13,17-18,20-21H,7-8,14-15H2,1H3,(H,27,29)/t17-,18+,20+,21+/m1/s1. The van der Waals surface area contributed by atoms with E-state index in [0.29, 0.717) is 23.7 Å². The minimum Gasteiger partial charge on any atom is -0.370 e. The number of hydrogen-bond donors (Lipinski definition) is 1. The van der Waals surface area contributed by atoms with Gasteiger partial charge in [-0.05, 0) is 54.9 Å². The largest absolute Gasteiger partial charge is 0.370 e. The molecule has 0 unspecified atom stereocenters. The van der Waals surface area contributed by atoms with Crippen molar-refractivity contribution in [2.45, 2.75) is 31.6 Å². The van der Waals surface area contributed by atoms with Crippen LogP contribution in [0.2, 0.25) is 0 Å². The Bertz CT molecular complexity index is 1060. The summed E-state index contributed by atoms with van der Waals surface area (Å²) in [4.78, 5) is 15.7. The summed E-state index contributed by atoms with van der Waals surface area (Å²) in [6.45, 7) is 4.27. The minimum absolute atomic E-state index is 0.00982. The molecule has 29 heavy (non-hydrogen) atoms. The molecule has 1 amide bonds. The van der Waals surface area contributed by atoms with E-state index in [-0.39, 0.29) is 5.91 Å². The molecule has 0 aromatic heterocycles. The molecule has 0 fully saturated rings. The number of hydrogen-bond acceptors (Lipinski definition) is 2. The van der Waals surface area contributed by atoms with Gasteiger partial charge in [-0.25, -0.2) is 0 Å². The first kappa shape index (κ1) is 17.1. The highest BCUT2D eigenvalue weighted by Crippen LogP contribution is 2.54. The number of anilines is 2. The van der Waals surface area contributed by atoms with Crippen LogP contribution in [0.25, 0.3) is 0 Å². The lowest BCUT2D eigenvalue weighted by atomic mass is 9.74. The number of amides is 1. The molecule has 2 aliphatic heterocycles. The molecule has 0 spiro atoms. The monoisotopic (exact) mass is 382 g/mol. The number of benzene rings is 2. The van der Waals surface area contributed by atoms with Crippen LogP contribution in [-0.2, 0) is 0 Å². The maximum absolute atomic E-state index is 13.1. The summed E-state index contributed by atoms with van der Waals surface area (Å²) in [6.07, 6.45) is 11.8. The molecular formula is C26H26N2O. The second-order valence-corrected chi connectivity index (χ2v) is 9.04. The summed E-state index contributed by atoms with van der Waals surface area (Å²) in [5, 5.41) is 3.28. The summed E-state index contributed by atoms with van der Waals surface area (Å²) in [5.41, 5.74) is 6.95. The zero-order valence-electron chi connectivity index (χ0n) is 16.8. The van der Waals surface area contributed by atoms with Crippen molar-refractivity contribution in [2.75, 3.05) is 23.3 Å². The zero-order valence-corrected chi connectivity index (χ0v) is 16.8. The van der Waals surface area contributed by atoms with Gasteiger partial charge in [0.25, 0.3) is 5.91 Å². The predicted octanol–water partition coefficient (Wildman–Crippen LogP) is 5.40. The van der Waals surface area contributed by atoms with Gasteiger partial charge < -0.3 is 10.2 Å². The first-order valence-corrected chi connectivity index (χ1v) is 10.8. The van der Waals surface area contributed by atoms with Gasteiger partial charge in [-0.15, -0.1) is 0 Å². The Morgan fingerprint density at radius 2 is 1.69 bits per heavy atom. The van der Waals surface area contributed by atoms with E-state index in [4.69, 9.17) is 0 Å². The van der Waals surface area contributed by atoms with Crippen molar-refractivity contribution in [2.24, 2.45) is 11.8 Å². The number of rotatable bonds is 2. The highest BCUT2D eigenvalue weighted by molar-refractivity contribution is 6.06. The number of nitrogens with zero attached hydrogens (tertiary/aromatic N) is 1. The van der Waals surface area contributed by atoms with Gasteiger partial charge in [-0.3, -0.25) is 4.79 Å². The third-order valence-corrected chi connectivity index (χ3v) is 7.38. The van der Waals surface area contributed by atoms with Crippen LogP contribution < -0.4 is 10.2 Å². The van der Waals surface area contributed by atoms with E-state index in [2.05, 4.69) is 46.7 Å². The van der Waals surface area contributed by atoms with Gasteiger partial charge in [0.05, 0.1) is 0 Å². The number of fused-ring (bicyclic) bond motifs is 4. The average molecular weight is 383 g/mol. The number of allylic oxidation sites excluding steroid dienone is 4. The van der Waals surface area contributed by atoms with Crippen molar-refractivity contribution < 1.29 is 4.79 Å². The van der Waals surface area contributed by atoms with E-state index in [1.807, 2.05) is 31.2 Å². The van der Waals surface area contributed by atoms with Crippen LogP contribution >= 0.6 is 0 Å². The number of carbonyl (C=O) groups excluding carboxylic acids is 1. The van der Waals surface area contributed by atoms with Gasteiger partial charge in [0.1, 0.15) is 0 Å². The molecule has 2 aromatic carbocycles. The van der Waals surface area contributed by atoms with E-state index < -0.39 is 0 Å². The highest BCUT2D eigenvalue weighted by atomic mass is 16.1. The predicted molar refractivity (Wildman–Crippen MR) is 118 cm³/mol. The van der Waals surface area contributed by atoms with E-state index in [1.54, 1.807) is 0 Å². The summed E-state index contributed by atoms with van der Waals surface area (Å²) in [5.74, 6) is 2.26. The molecule has 0 bridgehead atoms. The molecule has 0 radical (unpaired) electrons. The van der Waals surface area contributed by atoms with E-state index in [0.717, 1.165) is 36.3 Å². The molecule has 6 rings (SSSR count). The van der Waals surface area contributed by atoms with Crippen LogP contribution in [0.3, 0.4) is 0 Å². The molecule has 2 aromatic rings. The maximum atomic E-state index is 13.1. The SMILES string of the molecule is Cc1ccccc1C(=O)Nc1ccc2c3c1[C@H]1C=CC[C@H]1CN3C[C@H]1CC=C[C@H]21. The van der Waals surface area contributed by atoms with Gasteiger partial charge in [0.15, 0.2) is 0 Å². The normalized spacial score (nSPS) is 28.1. The smallest absolute Gasteiger partial charge is 0.255 e. The van der Waals surface area contributed by atoms with Crippen LogP contribution in [0, 0.1) is 18.8 Å². The van der Waals surface area contributed by atoms with Crippen molar-refractivity contribution in [3.8, 4) is 0 Å². The van der Waals surface area contributed by atoms with Crippen molar-refractivity contribution in [3.05, 3.63) is 83.0 Å². The van der Waals surface area contributed by atoms with Gasteiger partial charge in [-0.2, -0.15) is 0 Å². The fourth-order valence-electron chi connectivity index (χ4n) is 6.01. The molecule has 3 nitrogen and oxygen atoms in total. The second-order valence-electron chi connectivity index (χ2n) is 9.04. The molecule has 2 heterocycles. The Hall–Kier alpha value is -2.81. The lowest BCUT2D eigenvalue weighted by Gasteiger charge is -2.46. The van der Waals surface area contributed by atoms with Crippen LogP contribution in [-0.4, -0.2) is 19.0 Å². The van der Waals surface area contributed by atoms with Crippen LogP contribution in [0.5, 0.6) is 0 Å². The Balaban J connectivity index is 1.47. The van der Waals surface area contributed by atoms with Gasteiger partial charge in [0.2, 0.25) is 0 Å². The molecule has 2 aliphatic carbocycles. The van der Waals surface area contributed by atoms with E-state index >= 15 is 0 Å². The molecular weight excluding hydrogens is 356 g/mol. The van der Waals surface area contributed by atoms with E-state index in [9.17, 15) is 4.79 Å². The lowest BCUT2D eigenvalue weighted by Crippen LogP contribution is -2.44. The Morgan fingerprint density at radius 1 is 0.966 bits per heavy atom. The van der Waals surface area contributed by atoms with Crippen molar-refractivity contribution in [1.82, 2.24) is 0 Å². The summed E-state index contributed by atoms with van der Waals surface area (Å²) in [7, 11) is 0. The van der Waals surface area contributed by atoms with Gasteiger partial charge in [0, 0.05) is 47.4 Å². The number of carbonyl (C=O) groups is 1. The first-order valence-electron chi connectivity index (χ1n) is 10.8. The van der Waals surface area contributed by atoms with Crippen LogP contribution in [0.4, 0.5) is 11.4 Å². The topological polar surface area (TPSA) is 32.3 Å². The fourth-order valence-corrected chi connectivity index (χ4v) is 6.01. The molecule has 4 aliphatic rings. The highest BCUT2D eigenvalue weighted by Gasteiger charge is 2.43. The molecule has 0 saturated heterocycles. The fraction of sp³-hybridized carbons (Fsp3) is 0.346. The van der Waals surface area contributed by atoms with Gasteiger partial charge in [-0.1, -0.05) is 48.6 Å².